The molecule has 114 valence electrons. The van der Waals surface area contributed by atoms with Crippen molar-refractivity contribution >= 4 is 15.9 Å². The lowest BCUT2D eigenvalue weighted by atomic mass is 10.1. The number of hydrogen-bond donors (Lipinski definition) is 2. The molecule has 2 N–H and O–H groups in total. The molecule has 8 heteroatoms. The number of nitrogens with zero attached hydrogens (tertiary/aromatic N) is 2. The molecule has 0 aliphatic carbocycles. The monoisotopic (exact) mass is 318 g/mol. The Balaban J connectivity index is 2.00. The summed E-state index contributed by atoms with van der Waals surface area (Å²) in [6.45, 7) is 3.27. The smallest absolute Gasteiger partial charge is 0.267 e. The molecule has 0 fully saturated rings. The summed E-state index contributed by atoms with van der Waals surface area (Å²) in [6.07, 6.45) is 1.47. The van der Waals surface area contributed by atoms with Crippen LogP contribution in [0.25, 0.3) is 11.1 Å². The number of aromatic nitrogens is 3. The average molecular weight is 318 g/mol. The van der Waals surface area contributed by atoms with Gasteiger partial charge in [0.25, 0.3) is 10.0 Å². The lowest BCUT2D eigenvalue weighted by molar-refractivity contribution is 0.435. The van der Waals surface area contributed by atoms with Crippen LogP contribution in [0.4, 0.5) is 5.88 Å². The fourth-order valence-electron chi connectivity index (χ4n) is 2.25. The van der Waals surface area contributed by atoms with Crippen LogP contribution in [0.1, 0.15) is 11.4 Å². The summed E-state index contributed by atoms with van der Waals surface area (Å²) in [7, 11) is -3.81. The van der Waals surface area contributed by atoms with Gasteiger partial charge >= 0.3 is 0 Å². The van der Waals surface area contributed by atoms with Gasteiger partial charge in [-0.25, -0.2) is 13.1 Å². The van der Waals surface area contributed by atoms with Gasteiger partial charge in [0, 0.05) is 0 Å². The van der Waals surface area contributed by atoms with E-state index in [0.29, 0.717) is 17.0 Å². The van der Waals surface area contributed by atoms with E-state index in [9.17, 15) is 8.42 Å². The van der Waals surface area contributed by atoms with E-state index >= 15 is 0 Å². The Morgan fingerprint density at radius 2 is 1.91 bits per heavy atom. The molecule has 0 aliphatic heterocycles. The van der Waals surface area contributed by atoms with Gasteiger partial charge in [-0.1, -0.05) is 35.5 Å². The molecular formula is C14H14N4O3S. The van der Waals surface area contributed by atoms with Gasteiger partial charge in [-0.2, -0.15) is 5.10 Å². The Hall–Kier alpha value is -2.61. The first-order valence-corrected chi connectivity index (χ1v) is 8.02. The van der Waals surface area contributed by atoms with Crippen LogP contribution in [0.3, 0.4) is 0 Å². The third kappa shape index (κ3) is 2.48. The van der Waals surface area contributed by atoms with E-state index in [4.69, 9.17) is 4.52 Å². The van der Waals surface area contributed by atoms with Gasteiger partial charge in [-0.05, 0) is 19.4 Å². The predicted octanol–water partition coefficient (Wildman–Crippen LogP) is 2.48. The Kier molecular flexibility index (Phi) is 3.45. The van der Waals surface area contributed by atoms with E-state index in [0.717, 1.165) is 5.56 Å². The average Bonchev–Trinajstić information content (AvgIpc) is 3.06. The van der Waals surface area contributed by atoms with Gasteiger partial charge in [-0.3, -0.25) is 5.10 Å². The van der Waals surface area contributed by atoms with Crippen molar-refractivity contribution in [1.29, 1.82) is 0 Å². The topological polar surface area (TPSA) is 101 Å². The second-order valence-electron chi connectivity index (χ2n) is 4.80. The summed E-state index contributed by atoms with van der Waals surface area (Å²) in [5, 5.41) is 10.2. The summed E-state index contributed by atoms with van der Waals surface area (Å²) < 4.78 is 32.5. The predicted molar refractivity (Wildman–Crippen MR) is 80.8 cm³/mol. The zero-order valence-corrected chi connectivity index (χ0v) is 12.8. The lowest BCUT2D eigenvalue weighted by Gasteiger charge is -2.07. The molecule has 2 heterocycles. The summed E-state index contributed by atoms with van der Waals surface area (Å²) in [4.78, 5) is 0.114. The number of hydrogen-bond acceptors (Lipinski definition) is 5. The van der Waals surface area contributed by atoms with E-state index in [1.54, 1.807) is 13.8 Å². The summed E-state index contributed by atoms with van der Waals surface area (Å²) in [5.41, 5.74) is 2.24. The lowest BCUT2D eigenvalue weighted by Crippen LogP contribution is -2.14. The van der Waals surface area contributed by atoms with Crippen LogP contribution >= 0.6 is 0 Å². The number of rotatable bonds is 4. The van der Waals surface area contributed by atoms with Crippen molar-refractivity contribution in [3.8, 4) is 11.1 Å². The number of anilines is 1. The summed E-state index contributed by atoms with van der Waals surface area (Å²) in [5.74, 6) is 0.0752. The molecule has 0 saturated heterocycles. The van der Waals surface area contributed by atoms with Gasteiger partial charge in [0.2, 0.25) is 5.88 Å². The maximum Gasteiger partial charge on any atom is 0.267 e. The SMILES string of the molecule is Cc1n[nH]c(C)c1S(=O)(=O)Nc1oncc1-c1ccccc1. The van der Waals surface area contributed by atoms with Crippen LogP contribution < -0.4 is 4.72 Å². The van der Waals surface area contributed by atoms with Crippen molar-refractivity contribution in [3.05, 3.63) is 47.9 Å². The molecular weight excluding hydrogens is 304 g/mol. The first kappa shape index (κ1) is 14.3. The van der Waals surface area contributed by atoms with E-state index in [2.05, 4.69) is 20.1 Å². The first-order valence-electron chi connectivity index (χ1n) is 6.53. The quantitative estimate of drug-likeness (QED) is 0.769. The number of H-pyrrole nitrogens is 1. The standard InChI is InChI=1S/C14H14N4O3S/c1-9-13(10(2)17-16-9)22(19,20)18-14-12(8-15-21-14)11-6-4-3-5-7-11/h3-8,18H,1-2H3,(H,16,17). The van der Waals surface area contributed by atoms with Gasteiger partial charge < -0.3 is 4.52 Å². The van der Waals surface area contributed by atoms with E-state index in [1.807, 2.05) is 30.3 Å². The second-order valence-corrected chi connectivity index (χ2v) is 6.42. The van der Waals surface area contributed by atoms with E-state index in [1.165, 1.54) is 6.20 Å². The minimum absolute atomic E-state index is 0.0752. The number of aryl methyl sites for hydroxylation is 2. The molecule has 22 heavy (non-hydrogen) atoms. The van der Waals surface area contributed by atoms with E-state index in [-0.39, 0.29) is 10.8 Å². The Bertz CT molecular complexity index is 878. The fourth-order valence-corrected chi connectivity index (χ4v) is 3.62. The highest BCUT2D eigenvalue weighted by molar-refractivity contribution is 7.92. The minimum atomic E-state index is -3.81. The summed E-state index contributed by atoms with van der Waals surface area (Å²) in [6, 6.07) is 9.27. The highest BCUT2D eigenvalue weighted by Crippen LogP contribution is 2.30. The Labute approximate surface area is 127 Å². The number of nitrogens with one attached hydrogen (secondary N) is 2. The zero-order chi connectivity index (χ0) is 15.7. The molecule has 0 bridgehead atoms. The largest absolute Gasteiger partial charge is 0.337 e. The Morgan fingerprint density at radius 1 is 1.18 bits per heavy atom. The van der Waals surface area contributed by atoms with Crippen molar-refractivity contribution in [1.82, 2.24) is 15.4 Å². The normalized spacial score (nSPS) is 11.5. The number of sulfonamides is 1. The van der Waals surface area contributed by atoms with Crippen LogP contribution in [-0.4, -0.2) is 23.8 Å². The number of benzene rings is 1. The molecule has 0 unspecified atom stereocenters. The molecule has 1 aromatic carbocycles. The van der Waals surface area contributed by atoms with Gasteiger partial charge in [0.1, 0.15) is 4.90 Å². The molecule has 7 nitrogen and oxygen atoms in total. The zero-order valence-electron chi connectivity index (χ0n) is 12.0. The molecule has 0 saturated carbocycles. The van der Waals surface area contributed by atoms with Crippen LogP contribution in [0.15, 0.2) is 45.9 Å². The fraction of sp³-hybridized carbons (Fsp3) is 0.143. The molecule has 0 amide bonds. The van der Waals surface area contributed by atoms with Crippen LogP contribution in [0, 0.1) is 13.8 Å². The third-order valence-corrected chi connectivity index (χ3v) is 4.80. The molecule has 0 atom stereocenters. The Morgan fingerprint density at radius 3 is 2.55 bits per heavy atom. The highest BCUT2D eigenvalue weighted by Gasteiger charge is 2.25. The summed E-state index contributed by atoms with van der Waals surface area (Å²) >= 11 is 0. The van der Waals surface area contributed by atoms with Crippen LogP contribution in [0.2, 0.25) is 0 Å². The van der Waals surface area contributed by atoms with Crippen molar-refractivity contribution in [2.45, 2.75) is 18.7 Å². The maximum absolute atomic E-state index is 12.5. The third-order valence-electron chi connectivity index (χ3n) is 3.21. The van der Waals surface area contributed by atoms with Gasteiger partial charge in [0.05, 0.1) is 23.1 Å². The second kappa shape index (κ2) is 5.30. The maximum atomic E-state index is 12.5. The number of aromatic amines is 1. The molecule has 3 aromatic rings. The molecule has 0 radical (unpaired) electrons. The van der Waals surface area contributed by atoms with Crippen LogP contribution in [-0.2, 0) is 10.0 Å². The molecule has 2 aromatic heterocycles. The van der Waals surface area contributed by atoms with Crippen molar-refractivity contribution < 1.29 is 12.9 Å². The minimum Gasteiger partial charge on any atom is -0.337 e. The van der Waals surface area contributed by atoms with E-state index < -0.39 is 10.0 Å². The molecule has 0 aliphatic rings. The molecule has 3 rings (SSSR count). The first-order chi connectivity index (χ1) is 10.5. The highest BCUT2D eigenvalue weighted by atomic mass is 32.2. The van der Waals surface area contributed by atoms with Crippen LogP contribution in [0.5, 0.6) is 0 Å². The van der Waals surface area contributed by atoms with Gasteiger partial charge in [0.15, 0.2) is 0 Å². The van der Waals surface area contributed by atoms with Crippen molar-refractivity contribution in [2.24, 2.45) is 0 Å². The van der Waals surface area contributed by atoms with Crippen molar-refractivity contribution in [3.63, 3.8) is 0 Å². The van der Waals surface area contributed by atoms with Crippen molar-refractivity contribution in [2.75, 3.05) is 4.72 Å². The van der Waals surface area contributed by atoms with Gasteiger partial charge in [-0.15, -0.1) is 0 Å². The molecule has 0 spiro atoms.